The molecule has 3 aliphatic rings. The number of nitrogens with zero attached hydrogens (tertiary/aromatic N) is 2. The summed E-state index contributed by atoms with van der Waals surface area (Å²) >= 11 is 0. The van der Waals surface area contributed by atoms with Crippen LogP contribution in [0.2, 0.25) is 0 Å². The highest BCUT2D eigenvalue weighted by Gasteiger charge is 2.55. The normalized spacial score (nSPS) is 20.9. The van der Waals surface area contributed by atoms with Crippen molar-refractivity contribution in [2.75, 3.05) is 46.5 Å². The summed E-state index contributed by atoms with van der Waals surface area (Å²) < 4.78 is 17.1. The van der Waals surface area contributed by atoms with E-state index in [0.717, 1.165) is 18.4 Å². The highest BCUT2D eigenvalue weighted by atomic mass is 16.5. The molecule has 5 rings (SSSR count). The van der Waals surface area contributed by atoms with Gasteiger partial charge in [0.15, 0.2) is 11.5 Å². The Morgan fingerprint density at radius 3 is 2.44 bits per heavy atom. The minimum Gasteiger partial charge on any atom is -0.493 e. The Morgan fingerprint density at radius 2 is 1.79 bits per heavy atom. The van der Waals surface area contributed by atoms with E-state index in [0.29, 0.717) is 100 Å². The number of unbranched alkanes of at least 4 members (excludes halogenated alkanes) is 1. The maximum absolute atomic E-state index is 13.9. The first-order chi connectivity index (χ1) is 23.1. The number of carbonyl (C=O) groups excluding carboxylic acids is 3. The van der Waals surface area contributed by atoms with Crippen LogP contribution < -0.4 is 20.1 Å². The van der Waals surface area contributed by atoms with Gasteiger partial charge in [-0.2, -0.15) is 0 Å². The Balaban J connectivity index is 1.19. The topological polar surface area (TPSA) is 130 Å². The molecular formula is C37H52N4O7. The lowest BCUT2D eigenvalue weighted by molar-refractivity contribution is -0.166. The Bertz CT molecular complexity index is 1400. The van der Waals surface area contributed by atoms with E-state index in [1.54, 1.807) is 30.2 Å². The molecule has 0 bridgehead atoms. The lowest BCUT2D eigenvalue weighted by Gasteiger charge is -2.52. The summed E-state index contributed by atoms with van der Waals surface area (Å²) in [5.41, 5.74) is 0.722. The number of aliphatic hydroxyl groups is 1. The number of aliphatic hydroxyl groups excluding tert-OH is 1. The van der Waals surface area contributed by atoms with E-state index in [9.17, 15) is 19.5 Å². The number of methoxy groups -OCH3 is 1. The number of ether oxygens (including phenoxy) is 3. The number of nitrogens with one attached hydrogen (secondary N) is 2. The summed E-state index contributed by atoms with van der Waals surface area (Å²) in [5, 5.41) is 17.0. The van der Waals surface area contributed by atoms with Gasteiger partial charge in [-0.25, -0.2) is 0 Å². The van der Waals surface area contributed by atoms with Crippen LogP contribution in [-0.2, 0) is 20.9 Å². The molecule has 3 aliphatic heterocycles. The number of benzene rings is 2. The van der Waals surface area contributed by atoms with Crippen LogP contribution in [0.4, 0.5) is 0 Å². The largest absolute Gasteiger partial charge is 0.493 e. The number of amides is 3. The van der Waals surface area contributed by atoms with Gasteiger partial charge in [-0.05, 0) is 79.8 Å². The molecule has 48 heavy (non-hydrogen) atoms. The predicted molar refractivity (Wildman–Crippen MR) is 182 cm³/mol. The van der Waals surface area contributed by atoms with Gasteiger partial charge in [-0.1, -0.05) is 39.3 Å². The van der Waals surface area contributed by atoms with Gasteiger partial charge in [0.25, 0.3) is 5.91 Å². The number of piperidine rings is 1. The third kappa shape index (κ3) is 8.13. The van der Waals surface area contributed by atoms with Crippen LogP contribution in [-0.4, -0.2) is 96.8 Å². The first-order valence-corrected chi connectivity index (χ1v) is 17.5. The van der Waals surface area contributed by atoms with Crippen molar-refractivity contribution >= 4 is 17.7 Å². The minimum absolute atomic E-state index is 0.0658. The van der Waals surface area contributed by atoms with Gasteiger partial charge in [-0.15, -0.1) is 0 Å². The summed E-state index contributed by atoms with van der Waals surface area (Å²) in [6.45, 7) is 10.5. The zero-order chi connectivity index (χ0) is 34.3. The molecule has 0 radical (unpaired) electrons. The summed E-state index contributed by atoms with van der Waals surface area (Å²) in [6, 6.07) is 12.1. The van der Waals surface area contributed by atoms with E-state index < -0.39 is 17.7 Å². The zero-order valence-electron chi connectivity index (χ0n) is 28.8. The van der Waals surface area contributed by atoms with Gasteiger partial charge in [0.1, 0.15) is 17.3 Å². The quantitative estimate of drug-likeness (QED) is 0.292. The van der Waals surface area contributed by atoms with Gasteiger partial charge in [0, 0.05) is 51.5 Å². The van der Waals surface area contributed by atoms with Crippen LogP contribution in [0, 0.1) is 11.8 Å². The van der Waals surface area contributed by atoms with E-state index in [1.165, 1.54) is 0 Å². The standard InChI is InChI=1S/C37H52N4O7/c1-5-6-17-41-35(44)32(33(42)27-13-20-47-21-14-27)39-36(45)37(41)15-18-40(19-16-37)24-26-7-10-29(11-8-26)48-30-12-9-28(22-31(30)46-4)34(43)38-23-25(2)3/h7-12,22,25,27,32-33,42H,5-6,13-21,23-24H2,1-4H3,(H,38,43)(H,39,45)/t32-,33?/m1/s1. The molecule has 3 amide bonds. The van der Waals surface area contributed by atoms with Gasteiger partial charge in [-0.3, -0.25) is 19.3 Å². The number of likely N-dealkylation sites (tertiary alicyclic amines) is 1. The summed E-state index contributed by atoms with van der Waals surface area (Å²) in [6.07, 6.45) is 3.25. The number of hydrogen-bond acceptors (Lipinski definition) is 8. The molecule has 3 fully saturated rings. The fourth-order valence-corrected chi connectivity index (χ4v) is 6.96. The maximum atomic E-state index is 13.9. The van der Waals surface area contributed by atoms with Crippen LogP contribution in [0.5, 0.6) is 17.2 Å². The smallest absolute Gasteiger partial charge is 0.251 e. The van der Waals surface area contributed by atoms with Gasteiger partial charge >= 0.3 is 0 Å². The fourth-order valence-electron chi connectivity index (χ4n) is 6.96. The summed E-state index contributed by atoms with van der Waals surface area (Å²) in [4.78, 5) is 44.3. The average molecular weight is 665 g/mol. The predicted octanol–water partition coefficient (Wildman–Crippen LogP) is 4.12. The molecule has 3 saturated heterocycles. The van der Waals surface area contributed by atoms with Crippen LogP contribution in [0.3, 0.4) is 0 Å². The number of rotatable bonds is 13. The van der Waals surface area contributed by atoms with E-state index in [-0.39, 0.29) is 23.6 Å². The SMILES string of the molecule is CCCCN1C(=O)[C@@H](C(O)C2CCOCC2)NC(=O)C12CCN(Cc1ccc(Oc3ccc(C(=O)NCC(C)C)cc3OC)cc1)CC2. The van der Waals surface area contributed by atoms with Crippen molar-refractivity contribution in [1.82, 2.24) is 20.4 Å². The van der Waals surface area contributed by atoms with E-state index in [4.69, 9.17) is 14.2 Å². The van der Waals surface area contributed by atoms with Crippen molar-refractivity contribution in [2.45, 2.75) is 83.5 Å². The van der Waals surface area contributed by atoms with Crippen molar-refractivity contribution in [3.8, 4) is 17.2 Å². The fraction of sp³-hybridized carbons (Fsp3) is 0.595. The van der Waals surface area contributed by atoms with Gasteiger partial charge in [0.05, 0.1) is 13.2 Å². The van der Waals surface area contributed by atoms with Crippen LogP contribution in [0.15, 0.2) is 42.5 Å². The number of carbonyl (C=O) groups is 3. The van der Waals surface area contributed by atoms with E-state index in [2.05, 4.69) is 22.5 Å². The molecule has 1 unspecified atom stereocenters. The molecule has 11 nitrogen and oxygen atoms in total. The second-order valence-electron chi connectivity index (χ2n) is 13.8. The van der Waals surface area contributed by atoms with Gasteiger partial charge < -0.3 is 34.9 Å². The molecule has 3 heterocycles. The monoisotopic (exact) mass is 664 g/mol. The van der Waals surface area contributed by atoms with Crippen molar-refractivity contribution < 1.29 is 33.7 Å². The van der Waals surface area contributed by atoms with Crippen molar-refractivity contribution in [3.63, 3.8) is 0 Å². The third-order valence-electron chi connectivity index (χ3n) is 9.92. The second kappa shape index (κ2) is 16.2. The number of hydrogen-bond donors (Lipinski definition) is 3. The number of piperazine rings is 1. The Labute approximate surface area is 284 Å². The van der Waals surface area contributed by atoms with Crippen molar-refractivity contribution in [1.29, 1.82) is 0 Å². The molecule has 0 saturated carbocycles. The van der Waals surface area contributed by atoms with Crippen LogP contribution in [0.1, 0.15) is 75.2 Å². The maximum Gasteiger partial charge on any atom is 0.251 e. The summed E-state index contributed by atoms with van der Waals surface area (Å²) in [7, 11) is 1.55. The first-order valence-electron chi connectivity index (χ1n) is 17.5. The lowest BCUT2D eigenvalue weighted by atomic mass is 9.79. The van der Waals surface area contributed by atoms with Crippen LogP contribution in [0.25, 0.3) is 0 Å². The van der Waals surface area contributed by atoms with Crippen molar-refractivity contribution in [3.05, 3.63) is 53.6 Å². The molecule has 3 N–H and O–H groups in total. The average Bonchev–Trinajstić information content (AvgIpc) is 3.10. The third-order valence-corrected chi connectivity index (χ3v) is 9.92. The molecule has 0 aromatic heterocycles. The van der Waals surface area contributed by atoms with E-state index >= 15 is 0 Å². The Kier molecular flexibility index (Phi) is 12.0. The van der Waals surface area contributed by atoms with E-state index in [1.807, 2.05) is 38.1 Å². The van der Waals surface area contributed by atoms with Crippen molar-refractivity contribution in [2.24, 2.45) is 11.8 Å². The van der Waals surface area contributed by atoms with Gasteiger partial charge in [0.2, 0.25) is 11.8 Å². The Morgan fingerprint density at radius 1 is 1.08 bits per heavy atom. The van der Waals surface area contributed by atoms with Crippen LogP contribution >= 0.6 is 0 Å². The molecule has 2 aromatic carbocycles. The molecule has 262 valence electrons. The first kappa shape index (κ1) is 35.6. The summed E-state index contributed by atoms with van der Waals surface area (Å²) in [5.74, 6) is 1.47. The Hall–Kier alpha value is -3.67. The molecular weight excluding hydrogens is 612 g/mol. The molecule has 11 heteroatoms. The molecule has 0 aliphatic carbocycles. The molecule has 2 aromatic rings. The minimum atomic E-state index is -0.916. The highest BCUT2D eigenvalue weighted by Crippen LogP contribution is 2.36. The highest BCUT2D eigenvalue weighted by molar-refractivity contribution is 6.00. The molecule has 1 spiro atoms. The lowest BCUT2D eigenvalue weighted by Crippen LogP contribution is -2.75. The second-order valence-corrected chi connectivity index (χ2v) is 13.8. The molecule has 2 atom stereocenters. The zero-order valence-corrected chi connectivity index (χ0v) is 28.8.